The van der Waals surface area contributed by atoms with Gasteiger partial charge in [-0.05, 0) is 32.9 Å². The molecule has 0 N–H and O–H groups in total. The highest BCUT2D eigenvalue weighted by Crippen LogP contribution is 2.29. The average molecular weight is 419 g/mol. The summed E-state index contributed by atoms with van der Waals surface area (Å²) < 4.78 is 43.8. The Hall–Kier alpha value is -2.62. The number of hydrogen-bond donors (Lipinski definition) is 0. The van der Waals surface area contributed by atoms with E-state index in [2.05, 4.69) is 10.1 Å². The molecule has 2 rings (SSSR count). The molecule has 0 amide bonds. The molecule has 0 unspecified atom stereocenters. The normalized spacial score (nSPS) is 12.8. The van der Waals surface area contributed by atoms with Gasteiger partial charge in [0.25, 0.3) is 5.56 Å². The lowest BCUT2D eigenvalue weighted by Gasteiger charge is -2.26. The van der Waals surface area contributed by atoms with E-state index in [1.807, 2.05) is 0 Å². The van der Waals surface area contributed by atoms with E-state index in [9.17, 15) is 22.8 Å². The van der Waals surface area contributed by atoms with Gasteiger partial charge in [0.15, 0.2) is 5.82 Å². The zero-order valence-electron chi connectivity index (χ0n) is 15.5. The summed E-state index contributed by atoms with van der Waals surface area (Å²) >= 11 is 6.13. The first kappa shape index (κ1) is 21.7. The minimum absolute atomic E-state index is 0.124. The molecule has 28 heavy (non-hydrogen) atoms. The molecule has 0 aliphatic carbocycles. The number of halogens is 4. The number of anilines is 1. The Balaban J connectivity index is 2.35. The number of carbonyl (C=O) groups is 1. The molecule has 0 saturated carbocycles. The van der Waals surface area contributed by atoms with E-state index in [-0.39, 0.29) is 22.6 Å². The second-order valence-corrected chi connectivity index (χ2v) is 6.61. The van der Waals surface area contributed by atoms with Crippen LogP contribution in [-0.4, -0.2) is 39.9 Å². The summed E-state index contributed by atoms with van der Waals surface area (Å²) in [5, 5.41) is 3.65. The number of hydrogen-bond acceptors (Lipinski definition) is 6. The van der Waals surface area contributed by atoms with Crippen molar-refractivity contribution in [1.29, 1.82) is 0 Å². The van der Waals surface area contributed by atoms with Crippen LogP contribution in [0.4, 0.5) is 18.9 Å². The van der Waals surface area contributed by atoms with Gasteiger partial charge in [-0.15, -0.1) is 0 Å². The summed E-state index contributed by atoms with van der Waals surface area (Å²) in [6.45, 7) is 4.98. The van der Waals surface area contributed by atoms with Crippen molar-refractivity contribution in [2.24, 2.45) is 0 Å². The molecule has 0 saturated heterocycles. The maximum absolute atomic E-state index is 12.6. The largest absolute Gasteiger partial charge is 0.461 e. The lowest BCUT2D eigenvalue weighted by Crippen LogP contribution is -2.39. The number of aromatic nitrogens is 3. The fourth-order valence-corrected chi connectivity index (χ4v) is 2.47. The van der Waals surface area contributed by atoms with E-state index in [1.54, 1.807) is 20.8 Å². The molecule has 0 aliphatic heterocycles. The monoisotopic (exact) mass is 418 g/mol. The van der Waals surface area contributed by atoms with E-state index < -0.39 is 29.3 Å². The van der Waals surface area contributed by atoms with Gasteiger partial charge >= 0.3 is 12.1 Å². The predicted octanol–water partition coefficient (Wildman–Crippen LogP) is 3.08. The Labute approximate surface area is 163 Å². The first-order valence-electron chi connectivity index (χ1n) is 8.18. The predicted molar refractivity (Wildman–Crippen MR) is 96.7 cm³/mol. The Bertz CT molecular complexity index is 913. The molecule has 0 spiro atoms. The molecule has 0 aliphatic rings. The lowest BCUT2D eigenvalue weighted by molar-refractivity contribution is -0.148. The molecule has 2 heterocycles. The lowest BCUT2D eigenvalue weighted by atomic mass is 10.2. The van der Waals surface area contributed by atoms with Crippen molar-refractivity contribution in [2.45, 2.75) is 39.1 Å². The quantitative estimate of drug-likeness (QED) is 0.694. The number of rotatable bonds is 5. The van der Waals surface area contributed by atoms with Crippen molar-refractivity contribution in [3.63, 3.8) is 0 Å². The van der Waals surface area contributed by atoms with E-state index in [1.165, 1.54) is 18.1 Å². The fraction of sp³-hybridized carbons (Fsp3) is 0.412. The van der Waals surface area contributed by atoms with Crippen molar-refractivity contribution in [3.05, 3.63) is 45.5 Å². The summed E-state index contributed by atoms with van der Waals surface area (Å²) in [6.07, 6.45) is -3.03. The molecule has 0 bridgehead atoms. The molecule has 0 aromatic carbocycles. The van der Waals surface area contributed by atoms with Gasteiger partial charge in [-0.25, -0.2) is 9.78 Å². The van der Waals surface area contributed by atoms with Crippen LogP contribution in [0.5, 0.6) is 0 Å². The van der Waals surface area contributed by atoms with Crippen LogP contribution < -0.4 is 10.5 Å². The molecule has 2 aromatic rings. The number of alkyl halides is 3. The maximum Gasteiger partial charge on any atom is 0.417 e. The van der Waals surface area contributed by atoms with Gasteiger partial charge < -0.3 is 9.64 Å². The third kappa shape index (κ3) is 4.61. The Morgan fingerprint density at radius 3 is 2.39 bits per heavy atom. The van der Waals surface area contributed by atoms with Crippen molar-refractivity contribution in [3.8, 4) is 5.82 Å². The summed E-state index contributed by atoms with van der Waals surface area (Å²) in [5.74, 6) is -0.636. The van der Waals surface area contributed by atoms with E-state index in [0.717, 1.165) is 16.8 Å². The van der Waals surface area contributed by atoms with E-state index >= 15 is 0 Å². The number of pyridine rings is 1. The number of nitrogens with zero attached hydrogens (tertiary/aromatic N) is 4. The highest BCUT2D eigenvalue weighted by atomic mass is 35.5. The summed E-state index contributed by atoms with van der Waals surface area (Å²) in [5.41, 5.74) is -1.57. The minimum Gasteiger partial charge on any atom is -0.461 e. The van der Waals surface area contributed by atoms with Crippen molar-refractivity contribution < 1.29 is 22.7 Å². The summed E-state index contributed by atoms with van der Waals surface area (Å²) in [7, 11) is 1.54. The van der Waals surface area contributed by atoms with Gasteiger partial charge in [-0.3, -0.25) is 4.79 Å². The van der Waals surface area contributed by atoms with Crippen molar-refractivity contribution in [2.75, 3.05) is 11.9 Å². The van der Waals surface area contributed by atoms with Crippen LogP contribution in [0.15, 0.2) is 29.3 Å². The first-order valence-corrected chi connectivity index (χ1v) is 8.56. The Morgan fingerprint density at radius 1 is 1.25 bits per heavy atom. The van der Waals surface area contributed by atoms with Gasteiger partial charge in [0, 0.05) is 13.2 Å². The smallest absolute Gasteiger partial charge is 0.417 e. The van der Waals surface area contributed by atoms with E-state index in [4.69, 9.17) is 16.3 Å². The van der Waals surface area contributed by atoms with Gasteiger partial charge in [-0.2, -0.15) is 23.0 Å². The van der Waals surface area contributed by atoms with Crippen LogP contribution in [0.2, 0.25) is 5.02 Å². The first-order chi connectivity index (χ1) is 12.9. The van der Waals surface area contributed by atoms with Crippen LogP contribution in [0.3, 0.4) is 0 Å². The Morgan fingerprint density at radius 2 is 1.89 bits per heavy atom. The molecular weight excluding hydrogens is 401 g/mol. The molecule has 0 fully saturated rings. The molecule has 2 aromatic heterocycles. The Kier molecular flexibility index (Phi) is 6.33. The number of carbonyl (C=O) groups excluding carboxylic acids is 1. The van der Waals surface area contributed by atoms with Crippen LogP contribution in [0.25, 0.3) is 5.82 Å². The zero-order valence-corrected chi connectivity index (χ0v) is 16.2. The molecule has 0 radical (unpaired) electrons. The van der Waals surface area contributed by atoms with Gasteiger partial charge in [0.1, 0.15) is 11.1 Å². The summed E-state index contributed by atoms with van der Waals surface area (Å²) in [6, 6.07) is 1.05. The van der Waals surface area contributed by atoms with Gasteiger partial charge in [-0.1, -0.05) is 11.6 Å². The van der Waals surface area contributed by atoms with Gasteiger partial charge in [0.2, 0.25) is 0 Å². The third-order valence-electron chi connectivity index (χ3n) is 3.85. The number of ether oxygens (including phenoxy) is 1. The minimum atomic E-state index is -4.55. The average Bonchev–Trinajstić information content (AvgIpc) is 2.61. The topological polar surface area (TPSA) is 77.3 Å². The van der Waals surface area contributed by atoms with Crippen molar-refractivity contribution >= 4 is 23.3 Å². The molecule has 11 heteroatoms. The van der Waals surface area contributed by atoms with Crippen LogP contribution >= 0.6 is 11.6 Å². The second-order valence-electron chi connectivity index (χ2n) is 6.24. The number of esters is 1. The van der Waals surface area contributed by atoms with Crippen LogP contribution in [0.1, 0.15) is 26.3 Å². The third-order valence-corrected chi connectivity index (χ3v) is 4.20. The molecular formula is C17H18ClF3N4O3. The van der Waals surface area contributed by atoms with Gasteiger partial charge in [0.05, 0.1) is 23.6 Å². The highest BCUT2D eigenvalue weighted by Gasteiger charge is 2.31. The maximum atomic E-state index is 12.6. The molecule has 1 atom stereocenters. The van der Waals surface area contributed by atoms with Crippen LogP contribution in [0, 0.1) is 0 Å². The summed E-state index contributed by atoms with van der Waals surface area (Å²) in [4.78, 5) is 29.6. The fourth-order valence-electron chi connectivity index (χ4n) is 2.21. The second kappa shape index (κ2) is 8.17. The number of likely N-dealkylation sites (N-methyl/N-ethyl adjacent to an activating group) is 1. The molecule has 152 valence electrons. The molecule has 7 nitrogen and oxygen atoms in total. The zero-order chi connectivity index (χ0) is 21.2. The highest BCUT2D eigenvalue weighted by molar-refractivity contribution is 6.33. The SMILES string of the molecule is CC(C)OC(=O)[C@@H](C)N(C)c1cnn(-c2ccc(C(F)(F)F)cn2)c(=O)c1Cl. The standard InChI is InChI=1S/C17H18ClF3N4O3/c1-9(2)28-16(27)10(3)24(4)12-8-23-25(15(26)14(12)18)13-6-5-11(7-22-13)17(19,20)21/h5-10H,1-4H3/t10-/m1/s1. The van der Waals surface area contributed by atoms with Crippen molar-refractivity contribution in [1.82, 2.24) is 14.8 Å². The van der Waals surface area contributed by atoms with E-state index in [0.29, 0.717) is 6.20 Å². The van der Waals surface area contributed by atoms with Crippen LogP contribution in [-0.2, 0) is 15.7 Å².